The van der Waals surface area contributed by atoms with Crippen LogP contribution in [0.5, 0.6) is 0 Å². The molecule has 0 radical (unpaired) electrons. The van der Waals surface area contributed by atoms with Crippen LogP contribution in [0.15, 0.2) is 36.0 Å². The first-order valence-corrected chi connectivity index (χ1v) is 7.14. The molecule has 1 aromatic carbocycles. The fourth-order valence-corrected chi connectivity index (χ4v) is 2.08. The van der Waals surface area contributed by atoms with E-state index in [0.717, 1.165) is 17.8 Å². The van der Waals surface area contributed by atoms with Crippen molar-refractivity contribution in [1.82, 2.24) is 9.78 Å². The maximum atomic E-state index is 12.2. The Labute approximate surface area is 133 Å². The van der Waals surface area contributed by atoms with E-state index in [1.165, 1.54) is 0 Å². The first-order valence-electron chi connectivity index (χ1n) is 6.76. The lowest BCUT2D eigenvalue weighted by molar-refractivity contribution is -0.112. The number of hydrogen-bond acceptors (Lipinski definition) is 3. The Balaban J connectivity index is 2.21. The van der Waals surface area contributed by atoms with Crippen molar-refractivity contribution in [3.8, 4) is 6.07 Å². The lowest BCUT2D eigenvalue weighted by Gasteiger charge is -2.04. The quantitative estimate of drug-likeness (QED) is 0.694. The van der Waals surface area contributed by atoms with Crippen molar-refractivity contribution < 1.29 is 4.79 Å². The van der Waals surface area contributed by atoms with Crippen LogP contribution in [0.3, 0.4) is 0 Å². The van der Waals surface area contributed by atoms with Crippen LogP contribution in [0.2, 0.25) is 5.02 Å². The number of halogens is 1. The summed E-state index contributed by atoms with van der Waals surface area (Å²) in [4.78, 5) is 12.2. The summed E-state index contributed by atoms with van der Waals surface area (Å²) in [7, 11) is 0. The van der Waals surface area contributed by atoms with E-state index >= 15 is 0 Å². The van der Waals surface area contributed by atoms with Crippen molar-refractivity contribution in [2.24, 2.45) is 0 Å². The van der Waals surface area contributed by atoms with Gasteiger partial charge in [-0.25, -0.2) is 0 Å². The van der Waals surface area contributed by atoms with Gasteiger partial charge in [0.15, 0.2) is 0 Å². The third kappa shape index (κ3) is 3.54. The van der Waals surface area contributed by atoms with E-state index in [1.54, 1.807) is 41.2 Å². The molecule has 1 amide bonds. The molecular formula is C16H15ClN4O. The summed E-state index contributed by atoms with van der Waals surface area (Å²) in [5.41, 5.74) is 2.27. The van der Waals surface area contributed by atoms with Crippen molar-refractivity contribution in [3.05, 3.63) is 52.3 Å². The van der Waals surface area contributed by atoms with E-state index in [9.17, 15) is 10.1 Å². The van der Waals surface area contributed by atoms with Crippen LogP contribution in [0.4, 0.5) is 5.69 Å². The van der Waals surface area contributed by atoms with E-state index < -0.39 is 5.91 Å². The van der Waals surface area contributed by atoms with E-state index in [2.05, 4.69) is 10.4 Å². The average Bonchev–Trinajstić information content (AvgIpc) is 2.87. The molecule has 0 aliphatic carbocycles. The fourth-order valence-electron chi connectivity index (χ4n) is 1.96. The molecule has 0 aliphatic rings. The highest BCUT2D eigenvalue weighted by molar-refractivity contribution is 6.30. The number of hydrogen-bond donors (Lipinski definition) is 1. The van der Waals surface area contributed by atoms with Gasteiger partial charge in [-0.3, -0.25) is 9.48 Å². The molecule has 22 heavy (non-hydrogen) atoms. The Morgan fingerprint density at radius 1 is 1.45 bits per heavy atom. The van der Waals surface area contributed by atoms with Gasteiger partial charge in [-0.1, -0.05) is 11.6 Å². The molecule has 0 atom stereocenters. The standard InChI is InChI=1S/C16H15ClN4O/c1-3-21-11(2)13(10-19-21)8-12(9-18)16(22)20-15-6-4-14(17)5-7-15/h4-8,10H,3H2,1-2H3,(H,20,22). The molecule has 2 aromatic rings. The molecule has 5 nitrogen and oxygen atoms in total. The maximum absolute atomic E-state index is 12.2. The van der Waals surface area contributed by atoms with Crippen LogP contribution in [0.25, 0.3) is 6.08 Å². The highest BCUT2D eigenvalue weighted by Gasteiger charge is 2.11. The normalized spacial score (nSPS) is 11.1. The Morgan fingerprint density at radius 3 is 2.68 bits per heavy atom. The summed E-state index contributed by atoms with van der Waals surface area (Å²) in [6.07, 6.45) is 3.19. The van der Waals surface area contributed by atoms with Crippen molar-refractivity contribution in [2.75, 3.05) is 5.32 Å². The highest BCUT2D eigenvalue weighted by Crippen LogP contribution is 2.16. The largest absolute Gasteiger partial charge is 0.321 e. The number of benzene rings is 1. The van der Waals surface area contributed by atoms with E-state index in [-0.39, 0.29) is 5.57 Å². The molecule has 1 aromatic heterocycles. The third-order valence-electron chi connectivity index (χ3n) is 3.21. The number of nitriles is 1. The van der Waals surface area contributed by atoms with Gasteiger partial charge >= 0.3 is 0 Å². The smallest absolute Gasteiger partial charge is 0.266 e. The molecular weight excluding hydrogens is 300 g/mol. The fraction of sp³-hybridized carbons (Fsp3) is 0.188. The van der Waals surface area contributed by atoms with E-state index in [0.29, 0.717) is 10.7 Å². The number of rotatable bonds is 4. The lowest BCUT2D eigenvalue weighted by atomic mass is 10.1. The molecule has 6 heteroatoms. The van der Waals surface area contributed by atoms with Crippen LogP contribution < -0.4 is 5.32 Å². The summed E-state index contributed by atoms with van der Waals surface area (Å²) in [6, 6.07) is 8.61. The topological polar surface area (TPSA) is 70.7 Å². The van der Waals surface area contributed by atoms with Gasteiger partial charge in [0.2, 0.25) is 0 Å². The van der Waals surface area contributed by atoms with Gasteiger partial charge in [-0.05, 0) is 44.2 Å². The number of carbonyl (C=O) groups excluding carboxylic acids is 1. The van der Waals surface area contributed by atoms with Gasteiger partial charge in [0, 0.05) is 28.5 Å². The van der Waals surface area contributed by atoms with Crippen LogP contribution in [-0.2, 0) is 11.3 Å². The predicted octanol–water partition coefficient (Wildman–Crippen LogP) is 3.41. The first-order chi connectivity index (χ1) is 10.5. The number of anilines is 1. The van der Waals surface area contributed by atoms with E-state index in [1.807, 2.05) is 19.9 Å². The molecule has 1 N–H and O–H groups in total. The SMILES string of the molecule is CCn1ncc(C=C(C#N)C(=O)Nc2ccc(Cl)cc2)c1C. The second-order valence-corrected chi connectivity index (χ2v) is 5.07. The van der Waals surface area contributed by atoms with Crippen LogP contribution in [0.1, 0.15) is 18.2 Å². The van der Waals surface area contributed by atoms with Crippen molar-refractivity contribution in [3.63, 3.8) is 0 Å². The van der Waals surface area contributed by atoms with Gasteiger partial charge in [-0.15, -0.1) is 0 Å². The molecule has 2 rings (SSSR count). The van der Waals surface area contributed by atoms with Crippen molar-refractivity contribution >= 4 is 29.3 Å². The average molecular weight is 315 g/mol. The summed E-state index contributed by atoms with van der Waals surface area (Å²) in [5, 5.41) is 16.6. The Kier molecular flexibility index (Phi) is 4.97. The molecule has 1 heterocycles. The Bertz CT molecular complexity index is 753. The molecule has 112 valence electrons. The van der Waals surface area contributed by atoms with Crippen LogP contribution in [-0.4, -0.2) is 15.7 Å². The molecule has 0 aliphatic heterocycles. The second-order valence-electron chi connectivity index (χ2n) is 4.63. The summed E-state index contributed by atoms with van der Waals surface area (Å²) in [6.45, 7) is 4.61. The summed E-state index contributed by atoms with van der Waals surface area (Å²) < 4.78 is 1.80. The maximum Gasteiger partial charge on any atom is 0.266 e. The van der Waals surface area contributed by atoms with Crippen molar-refractivity contribution in [2.45, 2.75) is 20.4 Å². The molecule has 0 saturated carbocycles. The monoisotopic (exact) mass is 314 g/mol. The second kappa shape index (κ2) is 6.92. The zero-order valence-electron chi connectivity index (χ0n) is 12.3. The number of amides is 1. The zero-order valence-corrected chi connectivity index (χ0v) is 13.1. The summed E-state index contributed by atoms with van der Waals surface area (Å²) >= 11 is 5.79. The third-order valence-corrected chi connectivity index (χ3v) is 3.46. The molecule has 0 spiro atoms. The number of nitrogens with zero attached hydrogens (tertiary/aromatic N) is 3. The zero-order chi connectivity index (χ0) is 16.1. The first kappa shape index (κ1) is 15.8. The number of aromatic nitrogens is 2. The van der Waals surface area contributed by atoms with Gasteiger partial charge in [0.25, 0.3) is 5.91 Å². The minimum atomic E-state index is -0.464. The van der Waals surface area contributed by atoms with Gasteiger partial charge in [-0.2, -0.15) is 10.4 Å². The minimum Gasteiger partial charge on any atom is -0.321 e. The number of aryl methyl sites for hydroxylation is 1. The minimum absolute atomic E-state index is 0.0219. The summed E-state index contributed by atoms with van der Waals surface area (Å²) in [5.74, 6) is -0.464. The Morgan fingerprint density at radius 2 is 2.14 bits per heavy atom. The van der Waals surface area contributed by atoms with E-state index in [4.69, 9.17) is 11.6 Å². The van der Waals surface area contributed by atoms with Gasteiger partial charge in [0.05, 0.1) is 6.20 Å². The Hall–Kier alpha value is -2.58. The number of carbonyl (C=O) groups is 1. The number of nitrogens with one attached hydrogen (secondary N) is 1. The van der Waals surface area contributed by atoms with Crippen molar-refractivity contribution in [1.29, 1.82) is 5.26 Å². The van der Waals surface area contributed by atoms with Gasteiger partial charge in [0.1, 0.15) is 11.6 Å². The van der Waals surface area contributed by atoms with Crippen LogP contribution in [0, 0.1) is 18.3 Å². The molecule has 0 saturated heterocycles. The molecule has 0 unspecified atom stereocenters. The predicted molar refractivity (Wildman–Crippen MR) is 86.3 cm³/mol. The highest BCUT2D eigenvalue weighted by atomic mass is 35.5. The molecule has 0 fully saturated rings. The molecule has 0 bridgehead atoms. The lowest BCUT2D eigenvalue weighted by Crippen LogP contribution is -2.13. The van der Waals surface area contributed by atoms with Crippen LogP contribution >= 0.6 is 11.6 Å². The van der Waals surface area contributed by atoms with Gasteiger partial charge < -0.3 is 5.32 Å².